The summed E-state index contributed by atoms with van der Waals surface area (Å²) < 4.78 is 0. The maximum atomic E-state index is 11.0. The molecule has 0 aliphatic carbocycles. The number of aromatic amines is 2. The normalized spacial score (nSPS) is 10.3. The molecule has 2 rings (SSSR count). The maximum Gasteiger partial charge on any atom is 0.290 e. The second-order valence-electron chi connectivity index (χ2n) is 2.19. The first-order chi connectivity index (χ1) is 5.79. The number of rotatable bonds is 0. The predicted octanol–water partition coefficient (Wildman–Crippen LogP) is -0.994. The molecule has 0 radical (unpaired) electrons. The number of fused-ring (bicyclic) bond motifs is 1. The third kappa shape index (κ3) is 0.815. The lowest BCUT2D eigenvalue weighted by Gasteiger charge is -1.90. The first kappa shape index (κ1) is 6.71. The van der Waals surface area contributed by atoms with Crippen LogP contribution in [-0.2, 0) is 0 Å². The van der Waals surface area contributed by atoms with Gasteiger partial charge in [-0.05, 0) is 0 Å². The van der Waals surface area contributed by atoms with Gasteiger partial charge < -0.3 is 4.98 Å². The highest BCUT2D eigenvalue weighted by Crippen LogP contribution is 1.92. The Labute approximate surface area is 65.3 Å². The van der Waals surface area contributed by atoms with Crippen LogP contribution in [0.4, 0.5) is 0 Å². The molecule has 2 aromatic heterocycles. The molecule has 0 saturated heterocycles. The van der Waals surface area contributed by atoms with Gasteiger partial charge in [-0.2, -0.15) is 5.10 Å². The van der Waals surface area contributed by atoms with Crippen LogP contribution in [0.5, 0.6) is 0 Å². The average Bonchev–Trinajstić information content (AvgIpc) is 2.07. The summed E-state index contributed by atoms with van der Waals surface area (Å²) >= 11 is 0. The monoisotopic (exact) mass is 164 g/mol. The molecule has 0 unspecified atom stereocenters. The minimum Gasteiger partial charge on any atom is -0.313 e. The summed E-state index contributed by atoms with van der Waals surface area (Å²) in [6.07, 6.45) is 2.45. The van der Waals surface area contributed by atoms with Crippen molar-refractivity contribution in [2.45, 2.75) is 0 Å². The Morgan fingerprint density at radius 1 is 1.25 bits per heavy atom. The van der Waals surface area contributed by atoms with Gasteiger partial charge in [-0.25, -0.2) is 10.1 Å². The van der Waals surface area contributed by atoms with Crippen LogP contribution in [0.1, 0.15) is 0 Å². The fourth-order valence-electron chi connectivity index (χ4n) is 0.919. The molecule has 0 fully saturated rings. The van der Waals surface area contributed by atoms with Gasteiger partial charge in [0.15, 0.2) is 0 Å². The van der Waals surface area contributed by atoms with Crippen LogP contribution in [0, 0.1) is 0 Å². The van der Waals surface area contributed by atoms with Gasteiger partial charge >= 0.3 is 0 Å². The molecule has 0 saturated carbocycles. The third-order valence-corrected chi connectivity index (χ3v) is 1.46. The fourth-order valence-corrected chi connectivity index (χ4v) is 0.919. The number of hydrogen-bond donors (Lipinski definition) is 2. The lowest BCUT2D eigenvalue weighted by molar-refractivity contribution is 0.992. The van der Waals surface area contributed by atoms with Crippen molar-refractivity contribution in [1.29, 1.82) is 0 Å². The van der Waals surface area contributed by atoms with Gasteiger partial charge in [0.2, 0.25) is 0 Å². The highest BCUT2D eigenvalue weighted by molar-refractivity contribution is 5.74. The second kappa shape index (κ2) is 2.26. The van der Waals surface area contributed by atoms with Crippen molar-refractivity contribution >= 4 is 10.9 Å². The summed E-state index contributed by atoms with van der Waals surface area (Å²) in [5.74, 6) is 0. The van der Waals surface area contributed by atoms with E-state index < -0.39 is 5.56 Å². The van der Waals surface area contributed by atoms with E-state index in [-0.39, 0.29) is 16.5 Å². The summed E-state index contributed by atoms with van der Waals surface area (Å²) in [6.45, 7) is 0. The smallest absolute Gasteiger partial charge is 0.290 e. The van der Waals surface area contributed by atoms with Gasteiger partial charge in [0.05, 0.1) is 17.9 Å². The Balaban J connectivity index is 3.15. The largest absolute Gasteiger partial charge is 0.313 e. The Kier molecular flexibility index (Phi) is 1.26. The summed E-state index contributed by atoms with van der Waals surface area (Å²) in [5, 5.41) is 5.85. The summed E-state index contributed by atoms with van der Waals surface area (Å²) in [5.41, 5.74) is -0.717. The minimum atomic E-state index is -0.460. The van der Waals surface area contributed by atoms with Crippen LogP contribution >= 0.6 is 0 Å². The molecular formula is C6H4N4O2. The number of hydrogen-bond acceptors (Lipinski definition) is 4. The van der Waals surface area contributed by atoms with Gasteiger partial charge in [0, 0.05) is 0 Å². The molecule has 6 heteroatoms. The van der Waals surface area contributed by atoms with Crippen molar-refractivity contribution in [2.75, 3.05) is 0 Å². The van der Waals surface area contributed by atoms with E-state index in [1.54, 1.807) is 0 Å². The lowest BCUT2D eigenvalue weighted by atomic mass is 10.3. The van der Waals surface area contributed by atoms with Gasteiger partial charge in [-0.3, -0.25) is 9.59 Å². The standard InChI is InChI=1S/C6H4N4O2/c11-5-3-1-9-10-6(12)4(3)7-2-8-5/h1-2H,(H,10,12)(H,7,8,11). The van der Waals surface area contributed by atoms with Crippen molar-refractivity contribution < 1.29 is 0 Å². The maximum absolute atomic E-state index is 11.0. The zero-order valence-electron chi connectivity index (χ0n) is 5.87. The van der Waals surface area contributed by atoms with Crippen molar-refractivity contribution in [3.63, 3.8) is 0 Å². The van der Waals surface area contributed by atoms with E-state index >= 15 is 0 Å². The van der Waals surface area contributed by atoms with Crippen LogP contribution in [0.25, 0.3) is 10.9 Å². The van der Waals surface area contributed by atoms with E-state index in [0.29, 0.717) is 0 Å². The Morgan fingerprint density at radius 2 is 2.08 bits per heavy atom. The molecule has 0 amide bonds. The number of aromatic nitrogens is 4. The Morgan fingerprint density at radius 3 is 2.83 bits per heavy atom. The number of H-pyrrole nitrogens is 2. The molecule has 0 spiro atoms. The minimum absolute atomic E-state index is 0.105. The number of nitrogens with one attached hydrogen (secondary N) is 2. The lowest BCUT2D eigenvalue weighted by Crippen LogP contribution is -2.16. The van der Waals surface area contributed by atoms with Crippen LogP contribution in [0.2, 0.25) is 0 Å². The SMILES string of the molecule is O=c1[nH]cnc2c(=O)[nH]ncc12. The molecule has 0 aliphatic heterocycles. The summed E-state index contributed by atoms with van der Waals surface area (Å²) in [4.78, 5) is 28.1. The van der Waals surface area contributed by atoms with Gasteiger partial charge in [-0.1, -0.05) is 0 Å². The van der Waals surface area contributed by atoms with Crippen molar-refractivity contribution in [3.8, 4) is 0 Å². The van der Waals surface area contributed by atoms with Crippen LogP contribution < -0.4 is 11.1 Å². The third-order valence-electron chi connectivity index (χ3n) is 1.46. The molecule has 0 aromatic carbocycles. The molecule has 6 nitrogen and oxygen atoms in total. The van der Waals surface area contributed by atoms with Gasteiger partial charge in [-0.15, -0.1) is 0 Å². The van der Waals surface area contributed by atoms with E-state index in [9.17, 15) is 9.59 Å². The second-order valence-corrected chi connectivity index (χ2v) is 2.19. The van der Waals surface area contributed by atoms with Crippen LogP contribution in [0.15, 0.2) is 22.1 Å². The molecule has 2 heterocycles. The Bertz CT molecular complexity index is 477. The van der Waals surface area contributed by atoms with E-state index in [1.807, 2.05) is 0 Å². The molecule has 2 N–H and O–H groups in total. The quantitative estimate of drug-likeness (QED) is 0.522. The number of nitrogens with zero attached hydrogens (tertiary/aromatic N) is 2. The first-order valence-electron chi connectivity index (χ1n) is 3.20. The fraction of sp³-hybridized carbons (Fsp3) is 0. The van der Waals surface area contributed by atoms with Gasteiger partial charge in [0.25, 0.3) is 11.1 Å². The molecular weight excluding hydrogens is 160 g/mol. The zero-order chi connectivity index (χ0) is 8.55. The van der Waals surface area contributed by atoms with Crippen molar-refractivity contribution in [2.24, 2.45) is 0 Å². The molecule has 0 bridgehead atoms. The molecule has 12 heavy (non-hydrogen) atoms. The van der Waals surface area contributed by atoms with Gasteiger partial charge in [0.1, 0.15) is 5.52 Å². The van der Waals surface area contributed by atoms with E-state index in [4.69, 9.17) is 0 Å². The molecule has 0 atom stereocenters. The highest BCUT2D eigenvalue weighted by atomic mass is 16.1. The predicted molar refractivity (Wildman–Crippen MR) is 40.8 cm³/mol. The van der Waals surface area contributed by atoms with E-state index in [2.05, 4.69) is 20.2 Å². The Hall–Kier alpha value is -1.98. The van der Waals surface area contributed by atoms with Crippen LogP contribution in [0.3, 0.4) is 0 Å². The first-order valence-corrected chi connectivity index (χ1v) is 3.20. The van der Waals surface area contributed by atoms with E-state index in [1.165, 1.54) is 12.5 Å². The van der Waals surface area contributed by atoms with Crippen molar-refractivity contribution in [1.82, 2.24) is 20.2 Å². The molecule has 60 valence electrons. The zero-order valence-corrected chi connectivity index (χ0v) is 5.87. The van der Waals surface area contributed by atoms with E-state index in [0.717, 1.165) is 0 Å². The molecule has 0 aliphatic rings. The average molecular weight is 164 g/mol. The molecule has 2 aromatic rings. The summed E-state index contributed by atoms with van der Waals surface area (Å²) in [6, 6.07) is 0. The summed E-state index contributed by atoms with van der Waals surface area (Å²) in [7, 11) is 0. The highest BCUT2D eigenvalue weighted by Gasteiger charge is 2.01. The topological polar surface area (TPSA) is 91.5 Å². The van der Waals surface area contributed by atoms with Crippen LogP contribution in [-0.4, -0.2) is 20.2 Å². The van der Waals surface area contributed by atoms with Crippen molar-refractivity contribution in [3.05, 3.63) is 33.2 Å².